The summed E-state index contributed by atoms with van der Waals surface area (Å²) in [5, 5.41) is 16.5. The van der Waals surface area contributed by atoms with Crippen molar-refractivity contribution in [3.63, 3.8) is 0 Å². The average molecular weight is 923 g/mol. The number of carbonyl (C=O) groups is 4. The van der Waals surface area contributed by atoms with Crippen molar-refractivity contribution in [1.29, 1.82) is 0 Å². The molecule has 0 radical (unpaired) electrons. The fraction of sp³-hybridized carbons (Fsp3) is 0.364. The van der Waals surface area contributed by atoms with E-state index in [1.165, 1.54) is 13.8 Å². The van der Waals surface area contributed by atoms with Gasteiger partial charge in [0.05, 0.1) is 40.7 Å². The number of anilines is 1. The second-order valence-corrected chi connectivity index (χ2v) is 14.7. The van der Waals surface area contributed by atoms with Gasteiger partial charge in [-0.15, -0.1) is 0 Å². The first-order valence-electron chi connectivity index (χ1n) is 18.2. The number of hydrogen-bond donors (Lipinski definition) is 2. The molecule has 2 aliphatic rings. The van der Waals surface area contributed by atoms with Gasteiger partial charge in [0.2, 0.25) is 10.8 Å². The molecule has 4 aromatic rings. The lowest BCUT2D eigenvalue weighted by molar-refractivity contribution is -0.290. The molecule has 1 atom stereocenters. The summed E-state index contributed by atoms with van der Waals surface area (Å²) >= 11 is 0. The van der Waals surface area contributed by atoms with Gasteiger partial charge < -0.3 is 10.2 Å². The van der Waals surface area contributed by atoms with E-state index in [4.69, 9.17) is 10.2 Å². The highest BCUT2D eigenvalue weighted by molar-refractivity contribution is 6.34. The van der Waals surface area contributed by atoms with E-state index in [0.717, 1.165) is 26.1 Å². The van der Waals surface area contributed by atoms with Gasteiger partial charge in [0.15, 0.2) is 0 Å². The number of aryl methyl sites for hydroxylation is 3. The van der Waals surface area contributed by atoms with E-state index < -0.39 is 121 Å². The molecule has 6 rings (SSSR count). The fourth-order valence-corrected chi connectivity index (χ4v) is 7.49. The first kappa shape index (κ1) is 52.6. The molecule has 0 aromatic heterocycles. The van der Waals surface area contributed by atoms with Crippen LogP contribution in [0.1, 0.15) is 109 Å². The molecule has 0 aliphatic carbocycles. The van der Waals surface area contributed by atoms with Gasteiger partial charge in [-0.2, -0.15) is 52.7 Å². The van der Waals surface area contributed by atoms with Crippen molar-refractivity contribution in [2.45, 2.75) is 90.6 Å². The number of aliphatic hydroxyl groups is 2. The number of carbonyl (C=O) groups excluding carboxylic acids is 4. The standard InChI is InChI=1S/C38H24F12N2O4.C4H10O2.2CH4/c1-17-5-6-20(13-18(17)2)33(35(39,40)41,36(42,43)44)21-9-12-28(19(3)14-21)52-31(55)25-11-8-23(16-27(25)32(52)56)34(37(45,46)47,38(48,49)50)22-7-10-24-26(15-22)30(54)51(4)29(24)53;1-2-4(6)3-5;;/h5-16H,1-4H3;4-6H,2-3H2,1H3;2*1H4. The summed E-state index contributed by atoms with van der Waals surface area (Å²) in [4.78, 5) is 52.8. The van der Waals surface area contributed by atoms with Crippen molar-refractivity contribution in [3.05, 3.63) is 134 Å². The molecule has 0 saturated carbocycles. The number of aliphatic hydroxyl groups excluding tert-OH is 2. The molecule has 2 heterocycles. The molecule has 20 heteroatoms. The molecule has 4 amide bonds. The summed E-state index contributed by atoms with van der Waals surface area (Å²) in [7, 11) is 0.961. The zero-order valence-corrected chi connectivity index (χ0v) is 32.9. The minimum atomic E-state index is -6.25. The van der Waals surface area contributed by atoms with Crippen LogP contribution in [0, 0.1) is 20.8 Å². The van der Waals surface area contributed by atoms with Gasteiger partial charge in [-0.3, -0.25) is 24.1 Å². The Labute approximate surface area is 359 Å². The molecule has 0 fully saturated rings. The molecule has 0 spiro atoms. The van der Waals surface area contributed by atoms with Crippen LogP contribution in [0.5, 0.6) is 0 Å². The second-order valence-electron chi connectivity index (χ2n) is 14.7. The van der Waals surface area contributed by atoms with Crippen LogP contribution in [0.15, 0.2) is 72.8 Å². The number of benzene rings is 4. The highest BCUT2D eigenvalue weighted by Gasteiger charge is 2.74. The maximum atomic E-state index is 15.0. The van der Waals surface area contributed by atoms with E-state index in [1.807, 2.05) is 6.92 Å². The van der Waals surface area contributed by atoms with E-state index in [1.54, 1.807) is 0 Å². The van der Waals surface area contributed by atoms with Crippen LogP contribution < -0.4 is 4.90 Å². The van der Waals surface area contributed by atoms with Gasteiger partial charge in [0.1, 0.15) is 0 Å². The minimum Gasteiger partial charge on any atom is -0.394 e. The van der Waals surface area contributed by atoms with Crippen LogP contribution in [0.2, 0.25) is 0 Å². The summed E-state index contributed by atoms with van der Waals surface area (Å²) in [5.41, 5.74) is -18.9. The molecular formula is C44H42F12N2O6. The topological polar surface area (TPSA) is 115 Å². The van der Waals surface area contributed by atoms with Gasteiger partial charge in [-0.1, -0.05) is 64.2 Å². The van der Waals surface area contributed by atoms with Crippen molar-refractivity contribution in [2.75, 3.05) is 18.6 Å². The van der Waals surface area contributed by atoms with Crippen LogP contribution >= 0.6 is 0 Å². The smallest absolute Gasteiger partial charge is 0.394 e. The third-order valence-electron chi connectivity index (χ3n) is 11.0. The van der Waals surface area contributed by atoms with Gasteiger partial charge in [-0.25, -0.2) is 4.90 Å². The summed E-state index contributed by atoms with van der Waals surface area (Å²) < 4.78 is 179. The van der Waals surface area contributed by atoms with E-state index in [-0.39, 0.29) is 50.1 Å². The number of nitrogens with zero attached hydrogens (tertiary/aromatic N) is 2. The number of rotatable bonds is 7. The van der Waals surface area contributed by atoms with Crippen LogP contribution in [0.25, 0.3) is 0 Å². The minimum absolute atomic E-state index is 0. The Balaban J connectivity index is 0.00000127. The molecule has 348 valence electrons. The normalized spacial score (nSPS) is 15.0. The van der Waals surface area contributed by atoms with Gasteiger partial charge >= 0.3 is 24.7 Å². The summed E-state index contributed by atoms with van der Waals surface area (Å²) in [5.74, 6) is -5.06. The number of halogens is 12. The lowest BCUT2D eigenvalue weighted by Gasteiger charge is -2.39. The number of imide groups is 2. The van der Waals surface area contributed by atoms with Crippen LogP contribution in [-0.4, -0.2) is 83.2 Å². The predicted octanol–water partition coefficient (Wildman–Crippen LogP) is 10.5. The number of fused-ring (bicyclic) bond motifs is 2. The third-order valence-corrected chi connectivity index (χ3v) is 11.0. The van der Waals surface area contributed by atoms with Gasteiger partial charge in [0, 0.05) is 7.05 Å². The van der Waals surface area contributed by atoms with Crippen molar-refractivity contribution in [2.24, 2.45) is 0 Å². The molecule has 0 bridgehead atoms. The van der Waals surface area contributed by atoms with E-state index in [2.05, 4.69) is 0 Å². The Bertz CT molecular complexity index is 2440. The molecule has 0 saturated heterocycles. The van der Waals surface area contributed by atoms with Gasteiger partial charge in [0.25, 0.3) is 23.6 Å². The first-order valence-corrected chi connectivity index (χ1v) is 18.2. The monoisotopic (exact) mass is 922 g/mol. The van der Waals surface area contributed by atoms with E-state index in [9.17, 15) is 45.5 Å². The highest BCUT2D eigenvalue weighted by atomic mass is 19.4. The lowest BCUT2D eigenvalue weighted by atomic mass is 9.71. The molecule has 4 aromatic carbocycles. The molecule has 8 nitrogen and oxygen atoms in total. The summed E-state index contributed by atoms with van der Waals surface area (Å²) in [6, 6.07) is 6.02. The fourth-order valence-electron chi connectivity index (χ4n) is 7.49. The zero-order chi connectivity index (χ0) is 46.9. The van der Waals surface area contributed by atoms with Crippen LogP contribution in [0.3, 0.4) is 0 Å². The summed E-state index contributed by atoms with van der Waals surface area (Å²) in [6.45, 7) is 5.44. The molecule has 2 N–H and O–H groups in total. The van der Waals surface area contributed by atoms with Crippen molar-refractivity contribution in [1.82, 2.24) is 4.90 Å². The first-order chi connectivity index (χ1) is 28.4. The van der Waals surface area contributed by atoms with Gasteiger partial charge in [-0.05, 0) is 96.5 Å². The average Bonchev–Trinajstić information content (AvgIpc) is 3.53. The predicted molar refractivity (Wildman–Crippen MR) is 210 cm³/mol. The maximum Gasteiger partial charge on any atom is 0.411 e. The Morgan fingerprint density at radius 1 is 0.500 bits per heavy atom. The highest BCUT2D eigenvalue weighted by Crippen LogP contribution is 2.58. The Kier molecular flexibility index (Phi) is 14.5. The largest absolute Gasteiger partial charge is 0.411 e. The SMILES string of the molecule is C.C.CCC(O)CO.Cc1ccc(C(c2ccc(N3C(=O)c4ccc(C(c5ccc6c(c5)C(=O)N(C)C6=O)(C(F)(F)F)C(F)(F)F)cc4C3=O)c(C)c2)(C(F)(F)F)C(F)(F)F)cc1C. The Hall–Kier alpha value is -5.76. The Morgan fingerprint density at radius 3 is 1.22 bits per heavy atom. The summed E-state index contributed by atoms with van der Waals surface area (Å²) in [6.07, 6.45) is -24.4. The van der Waals surface area contributed by atoms with Crippen molar-refractivity contribution >= 4 is 29.3 Å². The molecule has 64 heavy (non-hydrogen) atoms. The third kappa shape index (κ3) is 8.02. The van der Waals surface area contributed by atoms with Crippen molar-refractivity contribution < 1.29 is 82.1 Å². The molecular weight excluding hydrogens is 880 g/mol. The van der Waals surface area contributed by atoms with E-state index >= 15 is 26.3 Å². The van der Waals surface area contributed by atoms with Crippen LogP contribution in [-0.2, 0) is 10.8 Å². The number of amides is 4. The maximum absolute atomic E-state index is 15.0. The van der Waals surface area contributed by atoms with Crippen LogP contribution in [0.4, 0.5) is 58.4 Å². The number of alkyl halides is 12. The second kappa shape index (κ2) is 17.7. The van der Waals surface area contributed by atoms with E-state index in [0.29, 0.717) is 59.3 Å². The number of hydrogen-bond acceptors (Lipinski definition) is 6. The van der Waals surface area contributed by atoms with Crippen molar-refractivity contribution in [3.8, 4) is 0 Å². The quantitative estimate of drug-likeness (QED) is 0.141. The molecule has 1 unspecified atom stereocenters. The molecule has 2 aliphatic heterocycles. The zero-order valence-electron chi connectivity index (χ0n) is 32.9. The lowest BCUT2D eigenvalue weighted by Crippen LogP contribution is -2.55. The Morgan fingerprint density at radius 2 is 0.844 bits per heavy atom.